The van der Waals surface area contributed by atoms with E-state index in [2.05, 4.69) is 14.9 Å². The van der Waals surface area contributed by atoms with E-state index in [0.29, 0.717) is 13.1 Å². The second kappa shape index (κ2) is 6.86. The molecule has 0 radical (unpaired) electrons. The molecule has 0 spiro atoms. The summed E-state index contributed by atoms with van der Waals surface area (Å²) in [6.45, 7) is 3.12. The number of halogens is 3. The lowest BCUT2D eigenvalue weighted by Crippen LogP contribution is -2.50. The second-order valence-corrected chi connectivity index (χ2v) is 5.28. The molecule has 1 heterocycles. The van der Waals surface area contributed by atoms with Crippen molar-refractivity contribution in [1.82, 2.24) is 9.80 Å². The summed E-state index contributed by atoms with van der Waals surface area (Å²) in [6, 6.07) is 4.57. The van der Waals surface area contributed by atoms with Gasteiger partial charge in [-0.2, -0.15) is 18.2 Å². The molecule has 0 bridgehead atoms. The monoisotopic (exact) mass is 328 g/mol. The van der Waals surface area contributed by atoms with Crippen molar-refractivity contribution in [2.45, 2.75) is 6.18 Å². The smallest absolute Gasteiger partial charge is 0.369 e. The third kappa shape index (κ3) is 4.85. The number of likely N-dealkylation sites (N-methyl/N-ethyl adjacent to an activating group) is 1. The van der Waals surface area contributed by atoms with Gasteiger partial charge in [0.15, 0.2) is 5.96 Å². The maximum absolute atomic E-state index is 12.7. The Morgan fingerprint density at radius 1 is 1.13 bits per heavy atom. The highest BCUT2D eigenvalue weighted by Crippen LogP contribution is 2.31. The van der Waals surface area contributed by atoms with Crippen LogP contribution < -0.4 is 11.5 Å². The Balaban J connectivity index is 2.11. The average molecular weight is 328 g/mol. The van der Waals surface area contributed by atoms with Crippen LogP contribution >= 0.6 is 0 Å². The molecule has 0 aromatic heterocycles. The first kappa shape index (κ1) is 17.1. The Hall–Kier alpha value is -2.29. The maximum Gasteiger partial charge on any atom is 0.416 e. The molecule has 9 heteroatoms. The lowest BCUT2D eigenvalue weighted by molar-refractivity contribution is -0.137. The molecule has 1 aliphatic rings. The maximum atomic E-state index is 12.7. The quantitative estimate of drug-likeness (QED) is 0.600. The van der Waals surface area contributed by atoms with Gasteiger partial charge in [-0.05, 0) is 25.2 Å². The molecule has 2 rings (SSSR count). The molecular formula is C14H19F3N6. The predicted octanol–water partition coefficient (Wildman–Crippen LogP) is 1.21. The van der Waals surface area contributed by atoms with Crippen molar-refractivity contribution in [3.8, 4) is 0 Å². The first-order chi connectivity index (χ1) is 10.8. The summed E-state index contributed by atoms with van der Waals surface area (Å²) >= 11 is 0. The van der Waals surface area contributed by atoms with Crippen LogP contribution in [0.4, 0.5) is 18.9 Å². The van der Waals surface area contributed by atoms with Crippen molar-refractivity contribution in [1.29, 1.82) is 0 Å². The summed E-state index contributed by atoms with van der Waals surface area (Å²) in [4.78, 5) is 11.8. The van der Waals surface area contributed by atoms with Gasteiger partial charge in [0.05, 0.1) is 11.3 Å². The largest absolute Gasteiger partial charge is 0.416 e. The molecule has 1 aromatic rings. The van der Waals surface area contributed by atoms with Gasteiger partial charge >= 0.3 is 6.18 Å². The van der Waals surface area contributed by atoms with E-state index in [0.717, 1.165) is 25.2 Å². The van der Waals surface area contributed by atoms with Crippen molar-refractivity contribution in [2.75, 3.05) is 33.2 Å². The summed E-state index contributed by atoms with van der Waals surface area (Å²) in [5.41, 5.74) is 10.8. The number of alkyl halides is 3. The third-order valence-electron chi connectivity index (χ3n) is 3.47. The number of hydrogen-bond acceptors (Lipinski definition) is 2. The molecule has 0 atom stereocenters. The van der Waals surface area contributed by atoms with E-state index in [-0.39, 0.29) is 17.6 Å². The van der Waals surface area contributed by atoms with Gasteiger partial charge < -0.3 is 21.3 Å². The number of hydrogen-bond donors (Lipinski definition) is 2. The molecule has 126 valence electrons. The SMILES string of the molecule is CN1CCN(/C(N)=N/C(N)=Nc2cccc(C(F)(F)F)c2)CC1. The summed E-state index contributed by atoms with van der Waals surface area (Å²) in [7, 11) is 2.01. The van der Waals surface area contributed by atoms with E-state index in [4.69, 9.17) is 11.5 Å². The Labute approximate surface area is 132 Å². The Kier molecular flexibility index (Phi) is 5.09. The first-order valence-corrected chi connectivity index (χ1v) is 7.05. The Morgan fingerprint density at radius 3 is 2.39 bits per heavy atom. The molecular weight excluding hydrogens is 309 g/mol. The number of piperazine rings is 1. The van der Waals surface area contributed by atoms with Gasteiger partial charge in [0.2, 0.25) is 5.96 Å². The normalized spacial score (nSPS) is 18.3. The van der Waals surface area contributed by atoms with Gasteiger partial charge in [-0.3, -0.25) is 0 Å². The topological polar surface area (TPSA) is 83.2 Å². The fourth-order valence-electron chi connectivity index (χ4n) is 2.13. The minimum Gasteiger partial charge on any atom is -0.369 e. The Morgan fingerprint density at radius 2 is 1.78 bits per heavy atom. The molecule has 1 aliphatic heterocycles. The molecule has 6 nitrogen and oxygen atoms in total. The van der Waals surface area contributed by atoms with Crippen molar-refractivity contribution in [2.24, 2.45) is 21.5 Å². The molecule has 0 unspecified atom stereocenters. The zero-order valence-electron chi connectivity index (χ0n) is 12.7. The highest BCUT2D eigenvalue weighted by atomic mass is 19.4. The van der Waals surface area contributed by atoms with E-state index in [1.807, 2.05) is 11.9 Å². The van der Waals surface area contributed by atoms with E-state index >= 15 is 0 Å². The van der Waals surface area contributed by atoms with Gasteiger partial charge in [0, 0.05) is 26.2 Å². The zero-order valence-corrected chi connectivity index (χ0v) is 12.7. The summed E-state index contributed by atoms with van der Waals surface area (Å²) in [5, 5.41) is 0. The number of guanidine groups is 2. The van der Waals surface area contributed by atoms with Crippen LogP contribution in [0, 0.1) is 0 Å². The minimum atomic E-state index is -4.43. The fraction of sp³-hybridized carbons (Fsp3) is 0.429. The van der Waals surface area contributed by atoms with Crippen LogP contribution in [-0.4, -0.2) is 54.9 Å². The molecule has 1 saturated heterocycles. The van der Waals surface area contributed by atoms with Crippen molar-refractivity contribution < 1.29 is 13.2 Å². The molecule has 0 aliphatic carbocycles. The van der Waals surface area contributed by atoms with Crippen LogP contribution in [0.25, 0.3) is 0 Å². The van der Waals surface area contributed by atoms with Gasteiger partial charge in [-0.15, -0.1) is 0 Å². The molecule has 0 amide bonds. The number of rotatable bonds is 1. The van der Waals surface area contributed by atoms with Crippen LogP contribution in [0.15, 0.2) is 34.3 Å². The summed E-state index contributed by atoms with van der Waals surface area (Å²) < 4.78 is 38.0. The predicted molar refractivity (Wildman–Crippen MR) is 83.4 cm³/mol. The van der Waals surface area contributed by atoms with Crippen molar-refractivity contribution in [3.05, 3.63) is 29.8 Å². The zero-order chi connectivity index (χ0) is 17.0. The van der Waals surface area contributed by atoms with Crippen LogP contribution in [0.3, 0.4) is 0 Å². The minimum absolute atomic E-state index is 0.0762. The molecule has 0 saturated carbocycles. The number of nitrogens with zero attached hydrogens (tertiary/aromatic N) is 4. The van der Waals surface area contributed by atoms with E-state index < -0.39 is 11.7 Å². The summed E-state index contributed by atoms with van der Waals surface area (Å²) in [6.07, 6.45) is -4.43. The second-order valence-electron chi connectivity index (χ2n) is 5.28. The summed E-state index contributed by atoms with van der Waals surface area (Å²) in [5.74, 6) is 0.0343. The third-order valence-corrected chi connectivity index (χ3v) is 3.47. The van der Waals surface area contributed by atoms with Crippen LogP contribution in [0.2, 0.25) is 0 Å². The van der Waals surface area contributed by atoms with Crippen molar-refractivity contribution in [3.63, 3.8) is 0 Å². The number of aliphatic imine (C=N–C) groups is 2. The first-order valence-electron chi connectivity index (χ1n) is 7.05. The fourth-order valence-corrected chi connectivity index (χ4v) is 2.13. The standard InChI is InChI=1S/C14H19F3N6/c1-22-5-7-23(8-6-22)13(19)21-12(18)20-11-4-2-3-10(9-11)14(15,16)17/h2-4,9H,5-8H2,1H3,(H4,18,19,20,21). The molecule has 1 fully saturated rings. The van der Waals surface area contributed by atoms with Crippen LogP contribution in [-0.2, 0) is 6.18 Å². The number of benzene rings is 1. The van der Waals surface area contributed by atoms with Crippen LogP contribution in [0.5, 0.6) is 0 Å². The van der Waals surface area contributed by atoms with Crippen molar-refractivity contribution >= 4 is 17.6 Å². The van der Waals surface area contributed by atoms with E-state index in [1.165, 1.54) is 12.1 Å². The lowest BCUT2D eigenvalue weighted by atomic mass is 10.2. The van der Waals surface area contributed by atoms with Gasteiger partial charge in [-0.25, -0.2) is 4.99 Å². The Bertz CT molecular complexity index is 603. The average Bonchev–Trinajstić information content (AvgIpc) is 2.47. The lowest BCUT2D eigenvalue weighted by Gasteiger charge is -2.32. The van der Waals surface area contributed by atoms with Crippen LogP contribution in [0.1, 0.15) is 5.56 Å². The highest BCUT2D eigenvalue weighted by Gasteiger charge is 2.30. The van der Waals surface area contributed by atoms with E-state index in [1.54, 1.807) is 0 Å². The molecule has 1 aromatic carbocycles. The molecule has 4 N–H and O–H groups in total. The van der Waals surface area contributed by atoms with Gasteiger partial charge in [0.25, 0.3) is 0 Å². The number of nitrogens with two attached hydrogens (primary N) is 2. The van der Waals surface area contributed by atoms with Gasteiger partial charge in [0.1, 0.15) is 0 Å². The molecule has 23 heavy (non-hydrogen) atoms. The highest BCUT2D eigenvalue weighted by molar-refractivity contribution is 5.94. The van der Waals surface area contributed by atoms with Gasteiger partial charge in [-0.1, -0.05) is 6.07 Å². The van der Waals surface area contributed by atoms with E-state index in [9.17, 15) is 13.2 Å².